The smallest absolute Gasteiger partial charge is 0.267 e. The minimum Gasteiger partial charge on any atom is -0.267 e. The molecule has 0 aliphatic carbocycles. The molecule has 8 heteroatoms. The topological polar surface area (TPSA) is 77.2 Å². The highest BCUT2D eigenvalue weighted by atomic mass is 19.1. The molecule has 1 heterocycles. The van der Waals surface area contributed by atoms with Crippen LogP contribution >= 0.6 is 0 Å². The Morgan fingerprint density at radius 2 is 1.76 bits per heavy atom. The third-order valence-electron chi connectivity index (χ3n) is 2.96. The Morgan fingerprint density at radius 3 is 2.29 bits per heavy atom. The van der Waals surface area contributed by atoms with Gasteiger partial charge in [-0.1, -0.05) is 0 Å². The lowest BCUT2D eigenvalue weighted by molar-refractivity contribution is -0.387. The number of hydrogen-bond donors (Lipinski definition) is 1. The summed E-state index contributed by atoms with van der Waals surface area (Å²) in [5.74, 6) is -3.33. The van der Waals surface area contributed by atoms with Crippen molar-refractivity contribution in [3.63, 3.8) is 0 Å². The van der Waals surface area contributed by atoms with E-state index in [0.717, 1.165) is 0 Å². The molecule has 1 N–H and O–H groups in total. The Bertz CT molecular complexity index is 721. The number of rotatable bonds is 3. The number of nitrogens with one attached hydrogen (secondary N) is 1. The molecule has 0 bridgehead atoms. The highest BCUT2D eigenvalue weighted by Crippen LogP contribution is 2.21. The summed E-state index contributed by atoms with van der Waals surface area (Å²) in [7, 11) is 0. The van der Waals surface area contributed by atoms with Crippen LogP contribution in [-0.2, 0) is 0 Å². The predicted octanol–water partition coefficient (Wildman–Crippen LogP) is 2.68. The summed E-state index contributed by atoms with van der Waals surface area (Å²) in [6.07, 6.45) is 0. The molecule has 0 fully saturated rings. The molecule has 0 saturated carbocycles. The molecule has 0 saturated heterocycles. The summed E-state index contributed by atoms with van der Waals surface area (Å²) in [5, 5.41) is 10.5. The minimum atomic E-state index is -1.27. The van der Waals surface area contributed by atoms with Gasteiger partial charge >= 0.3 is 5.69 Å². The van der Waals surface area contributed by atoms with Crippen LogP contribution in [0.3, 0.4) is 0 Å². The van der Waals surface area contributed by atoms with Crippen molar-refractivity contribution in [2.24, 2.45) is 0 Å². The number of aromatic nitrogens is 1. The Hall–Kier alpha value is -2.77. The van der Waals surface area contributed by atoms with Crippen molar-refractivity contribution >= 4 is 11.6 Å². The second kappa shape index (κ2) is 5.31. The van der Waals surface area contributed by atoms with Gasteiger partial charge in [0.2, 0.25) is 5.82 Å². The second-order valence-electron chi connectivity index (χ2n) is 4.43. The van der Waals surface area contributed by atoms with Crippen LogP contribution in [0.25, 0.3) is 0 Å². The summed E-state index contributed by atoms with van der Waals surface area (Å²) in [6, 6.07) is 4.38. The van der Waals surface area contributed by atoms with Crippen LogP contribution in [0.15, 0.2) is 24.3 Å². The van der Waals surface area contributed by atoms with E-state index < -0.39 is 33.7 Å². The van der Waals surface area contributed by atoms with Gasteiger partial charge in [0.15, 0.2) is 0 Å². The van der Waals surface area contributed by atoms with Gasteiger partial charge in [0.1, 0.15) is 5.82 Å². The number of benzene rings is 1. The minimum absolute atomic E-state index is 0.389. The SMILES string of the molecule is Cc1ccc(C)n1NC(=O)c1cc(F)c([N+](=O)[O-])cc1F. The molecule has 2 rings (SSSR count). The van der Waals surface area contributed by atoms with Crippen molar-refractivity contribution in [2.75, 3.05) is 5.43 Å². The molecule has 1 amide bonds. The molecular formula is C13H11F2N3O3. The summed E-state index contributed by atoms with van der Waals surface area (Å²) in [4.78, 5) is 21.4. The molecule has 1 aromatic heterocycles. The van der Waals surface area contributed by atoms with Crippen LogP contribution in [0.5, 0.6) is 0 Å². The molecule has 0 unspecified atom stereocenters. The van der Waals surface area contributed by atoms with Crippen LogP contribution in [0, 0.1) is 35.6 Å². The first kappa shape index (κ1) is 14.6. The molecule has 21 heavy (non-hydrogen) atoms. The maximum absolute atomic E-state index is 13.7. The van der Waals surface area contributed by atoms with Crippen LogP contribution in [0.1, 0.15) is 21.7 Å². The van der Waals surface area contributed by atoms with Crippen LogP contribution < -0.4 is 5.43 Å². The van der Waals surface area contributed by atoms with Gasteiger partial charge in [-0.15, -0.1) is 0 Å². The number of hydrogen-bond acceptors (Lipinski definition) is 3. The van der Waals surface area contributed by atoms with Crippen molar-refractivity contribution in [3.8, 4) is 0 Å². The first-order valence-corrected chi connectivity index (χ1v) is 5.91. The Morgan fingerprint density at radius 1 is 1.19 bits per heavy atom. The molecule has 0 spiro atoms. The van der Waals surface area contributed by atoms with Crippen LogP contribution in [-0.4, -0.2) is 15.5 Å². The summed E-state index contributed by atoms with van der Waals surface area (Å²) >= 11 is 0. The first-order chi connectivity index (χ1) is 9.81. The van der Waals surface area contributed by atoms with E-state index in [1.807, 2.05) is 0 Å². The van der Waals surface area contributed by atoms with E-state index in [0.29, 0.717) is 23.5 Å². The zero-order chi connectivity index (χ0) is 15.7. The number of halogens is 2. The number of nitrogens with zero attached hydrogens (tertiary/aromatic N) is 2. The third kappa shape index (κ3) is 2.73. The van der Waals surface area contributed by atoms with E-state index >= 15 is 0 Å². The van der Waals surface area contributed by atoms with Crippen molar-refractivity contribution in [2.45, 2.75) is 13.8 Å². The monoisotopic (exact) mass is 295 g/mol. The highest BCUT2D eigenvalue weighted by molar-refractivity contribution is 6.00. The van der Waals surface area contributed by atoms with Crippen molar-refractivity contribution in [1.82, 2.24) is 4.68 Å². The largest absolute Gasteiger partial charge is 0.307 e. The van der Waals surface area contributed by atoms with Crippen LogP contribution in [0.4, 0.5) is 14.5 Å². The van der Waals surface area contributed by atoms with Gasteiger partial charge in [-0.3, -0.25) is 25.0 Å². The quantitative estimate of drug-likeness (QED) is 0.698. The fraction of sp³-hybridized carbons (Fsp3) is 0.154. The highest BCUT2D eigenvalue weighted by Gasteiger charge is 2.22. The first-order valence-electron chi connectivity index (χ1n) is 5.91. The number of aryl methyl sites for hydroxylation is 2. The van der Waals surface area contributed by atoms with Crippen LogP contribution in [0.2, 0.25) is 0 Å². The standard InChI is InChI=1S/C13H11F2N3O3/c1-7-3-4-8(2)17(7)16-13(19)9-5-11(15)12(18(20)21)6-10(9)14/h3-6H,1-2H3,(H,16,19). The third-order valence-corrected chi connectivity index (χ3v) is 2.96. The van der Waals surface area contributed by atoms with Gasteiger partial charge in [0.25, 0.3) is 5.91 Å². The Labute approximate surface area is 118 Å². The van der Waals surface area contributed by atoms with Gasteiger partial charge in [-0.25, -0.2) is 4.39 Å². The zero-order valence-corrected chi connectivity index (χ0v) is 11.2. The second-order valence-corrected chi connectivity index (χ2v) is 4.43. The van der Waals surface area contributed by atoms with Gasteiger partial charge in [0.05, 0.1) is 16.6 Å². The number of amides is 1. The fourth-order valence-corrected chi connectivity index (χ4v) is 1.86. The normalized spacial score (nSPS) is 10.5. The van der Waals surface area contributed by atoms with Gasteiger partial charge in [0, 0.05) is 11.4 Å². The van der Waals surface area contributed by atoms with Gasteiger partial charge < -0.3 is 0 Å². The molecular weight excluding hydrogens is 284 g/mol. The predicted molar refractivity (Wildman–Crippen MR) is 70.6 cm³/mol. The maximum atomic E-state index is 13.7. The Kier molecular flexibility index (Phi) is 3.70. The molecule has 1 aromatic carbocycles. The van der Waals surface area contributed by atoms with E-state index in [-0.39, 0.29) is 0 Å². The molecule has 0 radical (unpaired) electrons. The molecule has 110 valence electrons. The van der Waals surface area contributed by atoms with E-state index in [4.69, 9.17) is 0 Å². The van der Waals surface area contributed by atoms with Crippen molar-refractivity contribution in [1.29, 1.82) is 0 Å². The average molecular weight is 295 g/mol. The van der Waals surface area contributed by atoms with Crippen molar-refractivity contribution < 1.29 is 18.5 Å². The molecule has 0 aliphatic rings. The van der Waals surface area contributed by atoms with E-state index in [1.54, 1.807) is 26.0 Å². The summed E-state index contributed by atoms with van der Waals surface area (Å²) in [6.45, 7) is 3.44. The fourth-order valence-electron chi connectivity index (χ4n) is 1.86. The molecule has 0 atom stereocenters. The van der Waals surface area contributed by atoms with Crippen molar-refractivity contribution in [3.05, 3.63) is 63.0 Å². The summed E-state index contributed by atoms with van der Waals surface area (Å²) < 4.78 is 28.6. The molecule has 2 aromatic rings. The van der Waals surface area contributed by atoms with Gasteiger partial charge in [-0.05, 0) is 32.0 Å². The van der Waals surface area contributed by atoms with E-state index in [1.165, 1.54) is 4.68 Å². The number of carbonyl (C=O) groups is 1. The average Bonchev–Trinajstić information content (AvgIpc) is 2.72. The van der Waals surface area contributed by atoms with E-state index in [2.05, 4.69) is 5.43 Å². The zero-order valence-electron chi connectivity index (χ0n) is 11.2. The summed E-state index contributed by atoms with van der Waals surface area (Å²) in [5.41, 5.74) is 2.17. The Balaban J connectivity index is 2.36. The number of carbonyl (C=O) groups excluding carboxylic acids is 1. The molecule has 6 nitrogen and oxygen atoms in total. The van der Waals surface area contributed by atoms with Gasteiger partial charge in [-0.2, -0.15) is 4.39 Å². The maximum Gasteiger partial charge on any atom is 0.307 e. The lowest BCUT2D eigenvalue weighted by Gasteiger charge is -2.11. The molecule has 0 aliphatic heterocycles. The lowest BCUT2D eigenvalue weighted by Crippen LogP contribution is -2.25. The number of nitro groups is 1. The van der Waals surface area contributed by atoms with E-state index in [9.17, 15) is 23.7 Å². The lowest BCUT2D eigenvalue weighted by atomic mass is 10.1. The number of nitro benzene ring substituents is 1.